The Balaban J connectivity index is 1.34. The number of hydrogen-bond acceptors (Lipinski definition) is 9. The third kappa shape index (κ3) is 7.86. The van der Waals surface area contributed by atoms with E-state index in [0.29, 0.717) is 17.0 Å². The number of carbonyl (C=O) groups is 4. The summed E-state index contributed by atoms with van der Waals surface area (Å²) in [5.41, 5.74) is -0.200. The van der Waals surface area contributed by atoms with Crippen molar-refractivity contribution in [2.75, 3.05) is 37.6 Å². The molecule has 0 atom stereocenters. The normalized spacial score (nSPS) is 12.5. The number of hydrogen-bond donors (Lipinski definition) is 2. The van der Waals surface area contributed by atoms with Gasteiger partial charge in [0, 0.05) is 4.88 Å². The number of ether oxygens (including phenoxy) is 4. The van der Waals surface area contributed by atoms with Crippen molar-refractivity contribution >= 4 is 45.8 Å². The van der Waals surface area contributed by atoms with Crippen LogP contribution in [0.5, 0.6) is 11.5 Å². The van der Waals surface area contributed by atoms with Crippen molar-refractivity contribution in [1.82, 2.24) is 0 Å². The summed E-state index contributed by atoms with van der Waals surface area (Å²) in [5.74, 6) is -2.80. The predicted molar refractivity (Wildman–Crippen MR) is 154 cm³/mol. The number of esters is 2. The lowest BCUT2D eigenvalue weighted by atomic mass is 9.95. The number of thiophene rings is 1. The fourth-order valence-corrected chi connectivity index (χ4v) is 5.83. The molecule has 14 heteroatoms. The van der Waals surface area contributed by atoms with E-state index in [-0.39, 0.29) is 23.7 Å². The van der Waals surface area contributed by atoms with E-state index in [2.05, 4.69) is 10.6 Å². The lowest BCUT2D eigenvalue weighted by molar-refractivity contribution is -0.137. The number of carbonyl (C=O) groups excluding carboxylic acids is 4. The summed E-state index contributed by atoms with van der Waals surface area (Å²) in [5, 5.41) is 5.18. The third-order valence-corrected chi connectivity index (χ3v) is 7.71. The van der Waals surface area contributed by atoms with E-state index in [0.717, 1.165) is 41.8 Å². The van der Waals surface area contributed by atoms with Gasteiger partial charge in [-0.15, -0.1) is 11.3 Å². The van der Waals surface area contributed by atoms with Crippen LogP contribution in [0.3, 0.4) is 0 Å². The monoisotopic (exact) mass is 634 g/mol. The lowest BCUT2D eigenvalue weighted by Gasteiger charge is -2.15. The van der Waals surface area contributed by atoms with Gasteiger partial charge in [0.05, 0.1) is 36.1 Å². The maximum atomic E-state index is 13.2. The molecule has 3 aromatic rings. The maximum absolute atomic E-state index is 13.2. The molecule has 0 radical (unpaired) electrons. The Hall–Kier alpha value is -4.59. The van der Waals surface area contributed by atoms with Crippen molar-refractivity contribution in [3.05, 3.63) is 69.6 Å². The highest BCUT2D eigenvalue weighted by atomic mass is 32.1. The summed E-state index contributed by atoms with van der Waals surface area (Å²) >= 11 is 1.31. The Morgan fingerprint density at radius 2 is 1.61 bits per heavy atom. The van der Waals surface area contributed by atoms with Gasteiger partial charge in [-0.3, -0.25) is 9.59 Å². The van der Waals surface area contributed by atoms with Gasteiger partial charge in [-0.05, 0) is 68.5 Å². The molecule has 0 spiro atoms. The van der Waals surface area contributed by atoms with Crippen molar-refractivity contribution in [1.29, 1.82) is 0 Å². The molecule has 2 aromatic carbocycles. The van der Waals surface area contributed by atoms with Gasteiger partial charge in [0.25, 0.3) is 11.8 Å². The van der Waals surface area contributed by atoms with E-state index in [1.807, 2.05) is 0 Å². The quantitative estimate of drug-likeness (QED) is 0.259. The second-order valence-corrected chi connectivity index (χ2v) is 10.6. The molecule has 234 valence electrons. The highest BCUT2D eigenvalue weighted by molar-refractivity contribution is 7.17. The number of fused-ring (bicyclic) bond motifs is 1. The lowest BCUT2D eigenvalue weighted by Crippen LogP contribution is -2.22. The van der Waals surface area contributed by atoms with E-state index < -0.39 is 54.4 Å². The van der Waals surface area contributed by atoms with Gasteiger partial charge in [0.1, 0.15) is 5.00 Å². The predicted octanol–water partition coefficient (Wildman–Crippen LogP) is 5.64. The van der Waals surface area contributed by atoms with Crippen molar-refractivity contribution in [2.45, 2.75) is 38.8 Å². The second-order valence-electron chi connectivity index (χ2n) is 9.51. The molecule has 1 heterocycles. The third-order valence-electron chi connectivity index (χ3n) is 6.50. The van der Waals surface area contributed by atoms with Gasteiger partial charge >= 0.3 is 18.1 Å². The summed E-state index contributed by atoms with van der Waals surface area (Å²) in [4.78, 5) is 51.2. The van der Waals surface area contributed by atoms with Crippen molar-refractivity contribution in [3.63, 3.8) is 0 Å². The van der Waals surface area contributed by atoms with E-state index in [1.165, 1.54) is 48.8 Å². The fourth-order valence-electron chi connectivity index (χ4n) is 4.53. The SMILES string of the molecule is CCOC(=O)c1c(NC(=O)COC(=O)c2ccc(OCC(=O)Nc3ccccc3C(F)(F)F)c(OC)c2)sc2c1CCCC2. The minimum absolute atomic E-state index is 0.00403. The van der Waals surface area contributed by atoms with Crippen molar-refractivity contribution < 1.29 is 51.3 Å². The van der Waals surface area contributed by atoms with Gasteiger partial charge in [0.2, 0.25) is 0 Å². The Bertz CT molecular complexity index is 1550. The van der Waals surface area contributed by atoms with Crippen LogP contribution in [0.1, 0.15) is 56.5 Å². The number of benzene rings is 2. The number of alkyl halides is 3. The zero-order valence-corrected chi connectivity index (χ0v) is 24.6. The Kier molecular flexibility index (Phi) is 10.5. The number of methoxy groups -OCH3 is 1. The number of nitrogens with one attached hydrogen (secondary N) is 2. The van der Waals surface area contributed by atoms with Crippen LogP contribution in [0.15, 0.2) is 42.5 Å². The van der Waals surface area contributed by atoms with Crippen molar-refractivity contribution in [3.8, 4) is 11.5 Å². The molecular weight excluding hydrogens is 605 g/mol. The molecule has 0 saturated carbocycles. The molecule has 1 aliphatic carbocycles. The van der Waals surface area contributed by atoms with E-state index in [4.69, 9.17) is 18.9 Å². The first-order valence-electron chi connectivity index (χ1n) is 13.6. The standard InChI is InChI=1S/C30H29F3N2O8S/c1-3-41-29(39)26-18-8-4-7-11-23(18)44-27(26)35-25(37)16-43-28(38)17-12-13-21(22(14-17)40-2)42-15-24(36)34-20-10-6-5-9-19(20)30(31,32)33/h5-6,9-10,12-14H,3-4,7-8,11,15-16H2,1-2H3,(H,34,36)(H,35,37). The molecule has 2 N–H and O–H groups in total. The number of para-hydroxylation sites is 1. The van der Waals surface area contributed by atoms with Gasteiger partial charge < -0.3 is 29.6 Å². The number of amides is 2. The molecule has 2 amide bonds. The average Bonchev–Trinajstić information content (AvgIpc) is 3.36. The van der Waals surface area contributed by atoms with Gasteiger partial charge in [0.15, 0.2) is 24.7 Å². The summed E-state index contributed by atoms with van der Waals surface area (Å²) in [7, 11) is 1.28. The highest BCUT2D eigenvalue weighted by Gasteiger charge is 2.33. The molecule has 0 aliphatic heterocycles. The molecule has 10 nitrogen and oxygen atoms in total. The summed E-state index contributed by atoms with van der Waals surface area (Å²) in [6.45, 7) is 0.600. The van der Waals surface area contributed by atoms with Crippen LogP contribution in [0.4, 0.5) is 23.9 Å². The van der Waals surface area contributed by atoms with E-state index in [1.54, 1.807) is 6.92 Å². The number of halogens is 3. The molecule has 0 saturated heterocycles. The molecule has 0 unspecified atom stereocenters. The first-order chi connectivity index (χ1) is 21.0. The second kappa shape index (κ2) is 14.3. The first-order valence-corrected chi connectivity index (χ1v) is 14.4. The van der Waals surface area contributed by atoms with Crippen LogP contribution in [0.25, 0.3) is 0 Å². The Morgan fingerprint density at radius 1 is 0.886 bits per heavy atom. The first kappa shape index (κ1) is 32.3. The molecule has 44 heavy (non-hydrogen) atoms. The Morgan fingerprint density at radius 3 is 2.34 bits per heavy atom. The van der Waals surface area contributed by atoms with E-state index >= 15 is 0 Å². The minimum Gasteiger partial charge on any atom is -0.493 e. The topological polar surface area (TPSA) is 129 Å². The van der Waals surface area contributed by atoms with Gasteiger partial charge in [-0.1, -0.05) is 12.1 Å². The minimum atomic E-state index is -4.66. The number of anilines is 2. The summed E-state index contributed by atoms with van der Waals surface area (Å²) < 4.78 is 60.5. The largest absolute Gasteiger partial charge is 0.493 e. The maximum Gasteiger partial charge on any atom is 0.418 e. The molecule has 1 aromatic heterocycles. The average molecular weight is 635 g/mol. The molecule has 0 fully saturated rings. The van der Waals surface area contributed by atoms with Gasteiger partial charge in [-0.25, -0.2) is 9.59 Å². The van der Waals surface area contributed by atoms with Crippen LogP contribution < -0.4 is 20.1 Å². The fraction of sp³-hybridized carbons (Fsp3) is 0.333. The van der Waals surface area contributed by atoms with Crippen LogP contribution in [0, 0.1) is 0 Å². The van der Waals surface area contributed by atoms with Crippen LogP contribution in [-0.2, 0) is 38.1 Å². The summed E-state index contributed by atoms with van der Waals surface area (Å²) in [6, 6.07) is 8.40. The molecule has 0 bridgehead atoms. The van der Waals surface area contributed by atoms with Crippen LogP contribution in [-0.4, -0.2) is 50.7 Å². The van der Waals surface area contributed by atoms with Crippen LogP contribution in [0.2, 0.25) is 0 Å². The van der Waals surface area contributed by atoms with E-state index in [9.17, 15) is 32.3 Å². The molecular formula is C30H29F3N2O8S. The summed E-state index contributed by atoms with van der Waals surface area (Å²) in [6.07, 6.45) is -1.23. The zero-order valence-electron chi connectivity index (χ0n) is 23.8. The van der Waals surface area contributed by atoms with Crippen LogP contribution >= 0.6 is 11.3 Å². The van der Waals surface area contributed by atoms with Gasteiger partial charge in [-0.2, -0.15) is 13.2 Å². The molecule has 1 aliphatic rings. The van der Waals surface area contributed by atoms with Crippen molar-refractivity contribution in [2.24, 2.45) is 0 Å². The highest BCUT2D eigenvalue weighted by Crippen LogP contribution is 2.39. The Labute approximate surface area is 254 Å². The molecule has 4 rings (SSSR count). The number of aryl methyl sites for hydroxylation is 1. The smallest absolute Gasteiger partial charge is 0.418 e. The number of rotatable bonds is 11. The zero-order chi connectivity index (χ0) is 31.9.